The highest BCUT2D eigenvalue weighted by molar-refractivity contribution is 6.67. The minimum Gasteiger partial charge on any atom is -0.115 e. The van der Waals surface area contributed by atoms with Gasteiger partial charge in [-0.15, -0.1) is 23.2 Å². The van der Waals surface area contributed by atoms with Gasteiger partial charge in [0.15, 0.2) is 8.67 Å². The molecule has 0 aromatic heterocycles. The number of rotatable bonds is 0. The monoisotopic (exact) mass is 332 g/mol. The average molecular weight is 335 g/mol. The van der Waals surface area contributed by atoms with Crippen LogP contribution in [0.25, 0.3) is 0 Å². The van der Waals surface area contributed by atoms with Crippen molar-refractivity contribution < 1.29 is 0 Å². The molecule has 2 aliphatic rings. The lowest BCUT2D eigenvalue weighted by molar-refractivity contribution is 0.558. The Morgan fingerprint density at radius 3 is 1.93 bits per heavy atom. The Morgan fingerprint density at radius 2 is 1.57 bits per heavy atom. The Labute approximate surface area is 116 Å². The fourth-order valence-electron chi connectivity index (χ4n) is 1.77. The molecule has 7 heteroatoms. The first kappa shape index (κ1) is 12.2. The SMILES string of the molecule is ClC1=C2CC(Cl)(C1(Cl)Cl)C(Cl)(Cl)C2Cl. The predicted molar refractivity (Wildman–Crippen MR) is 64.6 cm³/mol. The first-order chi connectivity index (χ1) is 6.16. The summed E-state index contributed by atoms with van der Waals surface area (Å²) in [5, 5.41) is -0.408. The molecule has 2 rings (SSSR count). The van der Waals surface area contributed by atoms with Crippen molar-refractivity contribution in [3.8, 4) is 0 Å². The number of allylic oxidation sites excluding steroid dienone is 2. The van der Waals surface area contributed by atoms with Crippen LogP contribution in [0.4, 0.5) is 0 Å². The van der Waals surface area contributed by atoms with Gasteiger partial charge in [0.25, 0.3) is 0 Å². The van der Waals surface area contributed by atoms with E-state index in [0.29, 0.717) is 12.0 Å². The lowest BCUT2D eigenvalue weighted by atomic mass is 10.0. The third kappa shape index (κ3) is 1.12. The van der Waals surface area contributed by atoms with Crippen LogP contribution in [0.15, 0.2) is 10.6 Å². The van der Waals surface area contributed by atoms with Gasteiger partial charge < -0.3 is 0 Å². The van der Waals surface area contributed by atoms with Crippen LogP contribution < -0.4 is 0 Å². The Hall–Kier alpha value is 1.77. The van der Waals surface area contributed by atoms with Crippen molar-refractivity contribution >= 4 is 81.2 Å². The highest BCUT2D eigenvalue weighted by Gasteiger charge is 2.74. The molecule has 0 heterocycles. The van der Waals surface area contributed by atoms with Gasteiger partial charge in [-0.2, -0.15) is 0 Å². The summed E-state index contributed by atoms with van der Waals surface area (Å²) < 4.78 is -2.88. The molecule has 1 saturated carbocycles. The zero-order valence-corrected chi connectivity index (χ0v) is 11.7. The van der Waals surface area contributed by atoms with Crippen LogP contribution in [0, 0.1) is 0 Å². The summed E-state index contributed by atoms with van der Waals surface area (Å²) >= 11 is 42.3. The topological polar surface area (TPSA) is 0 Å². The molecule has 0 amide bonds. The van der Waals surface area contributed by atoms with Gasteiger partial charge in [0, 0.05) is 0 Å². The third-order valence-electron chi connectivity index (χ3n) is 2.64. The van der Waals surface area contributed by atoms with Gasteiger partial charge in [0.2, 0.25) is 0 Å². The van der Waals surface area contributed by atoms with E-state index in [0.717, 1.165) is 0 Å². The van der Waals surface area contributed by atoms with Crippen LogP contribution in [0.3, 0.4) is 0 Å². The largest absolute Gasteiger partial charge is 0.175 e. The van der Waals surface area contributed by atoms with Crippen molar-refractivity contribution in [1.82, 2.24) is 0 Å². The molecule has 0 spiro atoms. The molecule has 0 saturated heterocycles. The molecule has 1 fully saturated rings. The molecule has 2 unspecified atom stereocenters. The molecule has 2 atom stereocenters. The van der Waals surface area contributed by atoms with E-state index in [2.05, 4.69) is 0 Å². The molecule has 2 aliphatic carbocycles. The second kappa shape index (κ2) is 3.16. The standard InChI is InChI=1S/C7H3Cl7/c8-3-2-1-5(10,6(3,11)12)7(13,14)4(2)9/h3H,1H2. The highest BCUT2D eigenvalue weighted by Crippen LogP contribution is 2.71. The first-order valence-corrected chi connectivity index (χ1v) is 6.34. The van der Waals surface area contributed by atoms with E-state index >= 15 is 0 Å². The van der Waals surface area contributed by atoms with Crippen LogP contribution in [-0.4, -0.2) is 18.9 Å². The Bertz CT molecular complexity index is 331. The number of fused-ring (bicyclic) bond motifs is 2. The molecule has 0 aromatic carbocycles. The summed E-state index contributed by atoms with van der Waals surface area (Å²) in [6.07, 6.45) is 0.307. The second-order valence-corrected chi connectivity index (χ2v) is 7.55. The van der Waals surface area contributed by atoms with Crippen LogP contribution >= 0.6 is 81.2 Å². The maximum Gasteiger partial charge on any atom is 0.175 e. The van der Waals surface area contributed by atoms with Gasteiger partial charge in [0.1, 0.15) is 4.87 Å². The summed E-state index contributed by atoms with van der Waals surface area (Å²) in [5.74, 6) is 0. The molecular formula is C7H3Cl7. The summed E-state index contributed by atoms with van der Waals surface area (Å²) in [6.45, 7) is 0. The van der Waals surface area contributed by atoms with Crippen molar-refractivity contribution in [2.75, 3.05) is 0 Å². The van der Waals surface area contributed by atoms with E-state index in [-0.39, 0.29) is 5.03 Å². The number of hydrogen-bond donors (Lipinski definition) is 0. The van der Waals surface area contributed by atoms with Crippen molar-refractivity contribution in [2.24, 2.45) is 0 Å². The van der Waals surface area contributed by atoms with Gasteiger partial charge in [-0.3, -0.25) is 0 Å². The summed E-state index contributed by atoms with van der Waals surface area (Å²) in [5.41, 5.74) is 0.623. The Balaban J connectivity index is 2.66. The molecule has 0 nitrogen and oxygen atoms in total. The fraction of sp³-hybridized carbons (Fsp3) is 0.714. The maximum absolute atomic E-state index is 6.23. The quantitative estimate of drug-likeness (QED) is 0.556. The highest BCUT2D eigenvalue weighted by atomic mass is 35.5. The minimum atomic E-state index is -1.47. The van der Waals surface area contributed by atoms with Gasteiger partial charge in [-0.1, -0.05) is 58.0 Å². The molecule has 0 radical (unpaired) electrons. The number of hydrogen-bond acceptors (Lipinski definition) is 0. The zero-order valence-electron chi connectivity index (χ0n) is 6.43. The van der Waals surface area contributed by atoms with Crippen LogP contribution in [0.5, 0.6) is 0 Å². The van der Waals surface area contributed by atoms with Crippen molar-refractivity contribution in [2.45, 2.75) is 25.3 Å². The molecular weight excluding hydrogens is 332 g/mol. The van der Waals surface area contributed by atoms with Gasteiger partial charge >= 0.3 is 0 Å². The van der Waals surface area contributed by atoms with E-state index in [1.54, 1.807) is 0 Å². The third-order valence-corrected chi connectivity index (χ3v) is 7.38. The molecule has 14 heavy (non-hydrogen) atoms. The smallest absolute Gasteiger partial charge is 0.115 e. The number of halogens is 7. The van der Waals surface area contributed by atoms with Gasteiger partial charge in [0.05, 0.1) is 10.4 Å². The van der Waals surface area contributed by atoms with Crippen LogP contribution in [-0.2, 0) is 0 Å². The number of alkyl halides is 6. The zero-order chi connectivity index (χ0) is 10.9. The molecule has 0 N–H and O–H groups in total. The lowest BCUT2D eigenvalue weighted by Gasteiger charge is -2.41. The Morgan fingerprint density at radius 1 is 1.07 bits per heavy atom. The van der Waals surface area contributed by atoms with E-state index in [1.807, 2.05) is 0 Å². The van der Waals surface area contributed by atoms with Crippen LogP contribution in [0.2, 0.25) is 0 Å². The fourth-order valence-corrected chi connectivity index (χ4v) is 4.54. The van der Waals surface area contributed by atoms with E-state index in [4.69, 9.17) is 81.2 Å². The van der Waals surface area contributed by atoms with Crippen LogP contribution in [0.1, 0.15) is 6.42 Å². The second-order valence-electron chi connectivity index (χ2n) is 3.38. The molecule has 0 aliphatic heterocycles. The minimum absolute atomic E-state index is 0.243. The van der Waals surface area contributed by atoms with E-state index in [9.17, 15) is 0 Å². The normalized spacial score (nSPS) is 43.5. The van der Waals surface area contributed by atoms with Crippen molar-refractivity contribution in [3.05, 3.63) is 10.6 Å². The average Bonchev–Trinajstić information content (AvgIpc) is 2.35. The molecule has 80 valence electrons. The maximum atomic E-state index is 6.23. The van der Waals surface area contributed by atoms with E-state index < -0.39 is 18.9 Å². The Kier molecular flexibility index (Phi) is 2.76. The summed E-state index contributed by atoms with van der Waals surface area (Å²) in [7, 11) is 0. The molecule has 2 bridgehead atoms. The van der Waals surface area contributed by atoms with Gasteiger partial charge in [-0.05, 0) is 12.0 Å². The predicted octanol–water partition coefficient (Wildman–Crippen LogP) is 4.83. The van der Waals surface area contributed by atoms with Crippen molar-refractivity contribution in [1.29, 1.82) is 0 Å². The summed E-state index contributed by atoms with van der Waals surface area (Å²) in [4.78, 5) is -1.26. The van der Waals surface area contributed by atoms with Crippen molar-refractivity contribution in [3.63, 3.8) is 0 Å². The first-order valence-electron chi connectivity index (χ1n) is 3.64. The summed E-state index contributed by atoms with van der Waals surface area (Å²) in [6, 6.07) is 0. The lowest BCUT2D eigenvalue weighted by Crippen LogP contribution is -2.53. The van der Waals surface area contributed by atoms with E-state index in [1.165, 1.54) is 0 Å². The van der Waals surface area contributed by atoms with Gasteiger partial charge in [-0.25, -0.2) is 0 Å². The molecule has 0 aromatic rings.